The van der Waals surface area contributed by atoms with Gasteiger partial charge in [0.2, 0.25) is 5.88 Å². The highest BCUT2D eigenvalue weighted by atomic mass is 16.5. The summed E-state index contributed by atoms with van der Waals surface area (Å²) >= 11 is 0. The van der Waals surface area contributed by atoms with Crippen LogP contribution in [0.25, 0.3) is 0 Å². The van der Waals surface area contributed by atoms with Crippen LogP contribution in [-0.2, 0) is 0 Å². The zero-order valence-corrected chi connectivity index (χ0v) is 13.5. The van der Waals surface area contributed by atoms with Gasteiger partial charge in [0.15, 0.2) is 0 Å². The maximum absolute atomic E-state index is 12.7. The average Bonchev–Trinajstić information content (AvgIpc) is 2.59. The molecule has 0 aliphatic carbocycles. The van der Waals surface area contributed by atoms with E-state index in [2.05, 4.69) is 15.3 Å². The van der Waals surface area contributed by atoms with Gasteiger partial charge in [-0.2, -0.15) is 0 Å². The van der Waals surface area contributed by atoms with Crippen LogP contribution in [0.15, 0.2) is 61.1 Å². The normalized spacial score (nSPS) is 10.2. The predicted molar refractivity (Wildman–Crippen MR) is 92.4 cm³/mol. The van der Waals surface area contributed by atoms with Crippen LogP contribution in [0.4, 0.5) is 5.69 Å². The summed E-state index contributed by atoms with van der Waals surface area (Å²) in [7, 11) is 0. The molecule has 0 aliphatic heterocycles. The summed E-state index contributed by atoms with van der Waals surface area (Å²) in [5.41, 5.74) is 3.05. The molecule has 0 spiro atoms. The van der Waals surface area contributed by atoms with Gasteiger partial charge in [-0.15, -0.1) is 0 Å². The Kier molecular flexibility index (Phi) is 4.52. The number of amides is 1. The van der Waals surface area contributed by atoms with E-state index < -0.39 is 0 Å². The summed E-state index contributed by atoms with van der Waals surface area (Å²) < 4.78 is 5.72. The summed E-state index contributed by atoms with van der Waals surface area (Å²) in [6.07, 6.45) is 2.81. The largest absolute Gasteiger partial charge is 0.438 e. The summed E-state index contributed by atoms with van der Waals surface area (Å²) in [6, 6.07) is 15.1. The molecule has 0 fully saturated rings. The van der Waals surface area contributed by atoms with Crippen LogP contribution in [0.2, 0.25) is 0 Å². The fourth-order valence-corrected chi connectivity index (χ4v) is 2.35. The molecule has 1 amide bonds. The number of carbonyl (C=O) groups excluding carboxylic acids is 1. The lowest BCUT2D eigenvalue weighted by Gasteiger charge is -2.13. The Morgan fingerprint density at radius 1 is 1.00 bits per heavy atom. The van der Waals surface area contributed by atoms with E-state index in [0.29, 0.717) is 5.75 Å². The van der Waals surface area contributed by atoms with Gasteiger partial charge in [-0.1, -0.05) is 36.4 Å². The lowest BCUT2D eigenvalue weighted by molar-refractivity contribution is 0.102. The number of ether oxygens (including phenoxy) is 1. The highest BCUT2D eigenvalue weighted by molar-refractivity contribution is 6.06. The second-order valence-electron chi connectivity index (χ2n) is 5.38. The molecule has 0 unspecified atom stereocenters. The molecule has 3 aromatic rings. The fourth-order valence-electron chi connectivity index (χ4n) is 2.35. The lowest BCUT2D eigenvalue weighted by atomic mass is 10.1. The summed E-state index contributed by atoms with van der Waals surface area (Å²) in [5, 5.41) is 2.92. The van der Waals surface area contributed by atoms with E-state index in [1.54, 1.807) is 12.1 Å². The molecule has 5 heteroatoms. The second kappa shape index (κ2) is 6.91. The number of hydrogen-bond acceptors (Lipinski definition) is 4. The van der Waals surface area contributed by atoms with Crippen LogP contribution < -0.4 is 10.1 Å². The lowest BCUT2D eigenvalue weighted by Crippen LogP contribution is -2.15. The number of aromatic nitrogens is 2. The van der Waals surface area contributed by atoms with E-state index >= 15 is 0 Å². The van der Waals surface area contributed by atoms with Crippen LogP contribution in [-0.4, -0.2) is 15.9 Å². The minimum absolute atomic E-state index is 0.222. The quantitative estimate of drug-likeness (QED) is 0.785. The summed E-state index contributed by atoms with van der Waals surface area (Å²) in [5.74, 6) is 0.524. The molecule has 1 aromatic heterocycles. The third-order valence-corrected chi connectivity index (χ3v) is 3.60. The van der Waals surface area contributed by atoms with Crippen LogP contribution in [0.3, 0.4) is 0 Å². The maximum Gasteiger partial charge on any atom is 0.262 e. The van der Waals surface area contributed by atoms with Crippen molar-refractivity contribution < 1.29 is 9.53 Å². The Morgan fingerprint density at radius 2 is 1.71 bits per heavy atom. The first-order valence-corrected chi connectivity index (χ1v) is 7.55. The van der Waals surface area contributed by atoms with Gasteiger partial charge in [0.05, 0.1) is 0 Å². The number of carbonyl (C=O) groups is 1. The monoisotopic (exact) mass is 319 g/mol. The van der Waals surface area contributed by atoms with Crippen LogP contribution in [0.5, 0.6) is 11.6 Å². The number of nitrogens with zero attached hydrogens (tertiary/aromatic N) is 2. The summed E-state index contributed by atoms with van der Waals surface area (Å²) in [4.78, 5) is 20.7. The molecule has 24 heavy (non-hydrogen) atoms. The van der Waals surface area contributed by atoms with Crippen molar-refractivity contribution in [2.75, 3.05) is 5.32 Å². The van der Waals surface area contributed by atoms with Crippen molar-refractivity contribution in [2.45, 2.75) is 13.8 Å². The molecular weight excluding hydrogens is 302 g/mol. The minimum Gasteiger partial charge on any atom is -0.438 e. The van der Waals surface area contributed by atoms with Crippen molar-refractivity contribution in [3.05, 3.63) is 77.7 Å². The molecule has 2 aromatic carbocycles. The third-order valence-electron chi connectivity index (χ3n) is 3.60. The third kappa shape index (κ3) is 3.41. The number of para-hydroxylation sites is 2. The van der Waals surface area contributed by atoms with Gasteiger partial charge in [0, 0.05) is 11.9 Å². The predicted octanol–water partition coefficient (Wildman–Crippen LogP) is 4.14. The second-order valence-corrected chi connectivity index (χ2v) is 5.38. The Bertz CT molecular complexity index is 843. The zero-order valence-electron chi connectivity index (χ0n) is 13.5. The average molecular weight is 319 g/mol. The maximum atomic E-state index is 12.7. The number of nitrogens with one attached hydrogen (secondary N) is 1. The molecule has 0 aliphatic rings. The van der Waals surface area contributed by atoms with Crippen LogP contribution in [0, 0.1) is 13.8 Å². The van der Waals surface area contributed by atoms with E-state index in [1.165, 1.54) is 12.5 Å². The molecule has 0 saturated carbocycles. The van der Waals surface area contributed by atoms with E-state index in [9.17, 15) is 4.79 Å². The molecule has 0 saturated heterocycles. The van der Waals surface area contributed by atoms with Gasteiger partial charge in [-0.25, -0.2) is 9.97 Å². The number of benzene rings is 2. The van der Waals surface area contributed by atoms with Gasteiger partial charge >= 0.3 is 0 Å². The van der Waals surface area contributed by atoms with Crippen molar-refractivity contribution in [2.24, 2.45) is 0 Å². The van der Waals surface area contributed by atoms with Crippen molar-refractivity contribution in [3.63, 3.8) is 0 Å². The van der Waals surface area contributed by atoms with Crippen molar-refractivity contribution in [3.8, 4) is 11.6 Å². The number of aryl methyl sites for hydroxylation is 2. The molecule has 0 atom stereocenters. The molecule has 1 heterocycles. The Labute approximate surface area is 140 Å². The van der Waals surface area contributed by atoms with Gasteiger partial charge in [-0.05, 0) is 37.1 Å². The Balaban J connectivity index is 1.88. The van der Waals surface area contributed by atoms with E-state index in [0.717, 1.165) is 16.8 Å². The van der Waals surface area contributed by atoms with E-state index in [-0.39, 0.29) is 17.4 Å². The van der Waals surface area contributed by atoms with Gasteiger partial charge < -0.3 is 10.1 Å². The Morgan fingerprint density at radius 3 is 2.42 bits per heavy atom. The van der Waals surface area contributed by atoms with Crippen molar-refractivity contribution >= 4 is 11.6 Å². The number of rotatable bonds is 4. The SMILES string of the molecule is Cc1cccc(C)c1NC(=O)c1cncnc1Oc1ccccc1. The molecule has 5 nitrogen and oxygen atoms in total. The van der Waals surface area contributed by atoms with Crippen molar-refractivity contribution in [1.82, 2.24) is 9.97 Å². The summed E-state index contributed by atoms with van der Waals surface area (Å²) in [6.45, 7) is 3.90. The Hall–Kier alpha value is -3.21. The topological polar surface area (TPSA) is 64.1 Å². The van der Waals surface area contributed by atoms with E-state index in [1.807, 2.05) is 50.2 Å². The minimum atomic E-state index is -0.307. The molecule has 3 rings (SSSR count). The number of hydrogen-bond donors (Lipinski definition) is 1. The van der Waals surface area contributed by atoms with E-state index in [4.69, 9.17) is 4.74 Å². The number of anilines is 1. The first-order valence-electron chi connectivity index (χ1n) is 7.55. The van der Waals surface area contributed by atoms with Crippen LogP contribution in [0.1, 0.15) is 21.5 Å². The van der Waals surface area contributed by atoms with Crippen LogP contribution >= 0.6 is 0 Å². The molecule has 120 valence electrons. The smallest absolute Gasteiger partial charge is 0.262 e. The van der Waals surface area contributed by atoms with Gasteiger partial charge in [0.25, 0.3) is 5.91 Å². The van der Waals surface area contributed by atoms with Crippen molar-refractivity contribution in [1.29, 1.82) is 0 Å². The molecule has 0 radical (unpaired) electrons. The standard InChI is InChI=1S/C19H17N3O2/c1-13-7-6-8-14(2)17(13)22-18(23)16-11-20-12-21-19(16)24-15-9-4-3-5-10-15/h3-12H,1-2H3,(H,22,23). The highest BCUT2D eigenvalue weighted by Gasteiger charge is 2.16. The zero-order chi connectivity index (χ0) is 16.9. The van der Waals surface area contributed by atoms with Gasteiger partial charge in [0.1, 0.15) is 17.6 Å². The van der Waals surface area contributed by atoms with Gasteiger partial charge in [-0.3, -0.25) is 4.79 Å². The first kappa shape index (κ1) is 15.7. The molecule has 0 bridgehead atoms. The first-order chi connectivity index (χ1) is 11.6. The molecule has 1 N–H and O–H groups in total. The molecular formula is C19H17N3O2. The fraction of sp³-hybridized carbons (Fsp3) is 0.105. The highest BCUT2D eigenvalue weighted by Crippen LogP contribution is 2.25.